The Hall–Kier alpha value is -4.13. The van der Waals surface area contributed by atoms with Gasteiger partial charge in [0.1, 0.15) is 11.5 Å². The van der Waals surface area contributed by atoms with Gasteiger partial charge in [-0.3, -0.25) is 14.3 Å². The maximum Gasteiger partial charge on any atom is 0.261 e. The third-order valence-corrected chi connectivity index (χ3v) is 10.1. The number of nitrogens with one attached hydrogen (secondary N) is 1. The lowest BCUT2D eigenvalue weighted by Crippen LogP contribution is -2.48. The Bertz CT molecular complexity index is 1640. The smallest absolute Gasteiger partial charge is 0.261 e. The summed E-state index contributed by atoms with van der Waals surface area (Å²) >= 11 is 0. The number of carbonyl (C=O) groups is 2. The van der Waals surface area contributed by atoms with Crippen LogP contribution >= 0.6 is 0 Å². The monoisotopic (exact) mass is 695 g/mol. The van der Waals surface area contributed by atoms with Crippen molar-refractivity contribution in [3.05, 3.63) is 83.9 Å². The number of anilines is 1. The molecule has 0 unspecified atom stereocenters. The fourth-order valence-corrected chi connectivity index (χ4v) is 6.74. The van der Waals surface area contributed by atoms with Gasteiger partial charge in [-0.15, -0.1) is 0 Å². The third kappa shape index (κ3) is 10.4. The number of fused-ring (bicyclic) bond motifs is 1. The molecule has 4 atom stereocenters. The first-order valence-electron chi connectivity index (χ1n) is 16.7. The van der Waals surface area contributed by atoms with E-state index in [4.69, 9.17) is 14.2 Å². The standard InChI is InChI=1S/C37H49N3O8S/c1-26-23-40(27(2)25-41)37(43)33-22-30(38-49(44,45)32-17-15-31(46-5)16-18-32)14-19-34(33)48-28(3)11-9-10-20-47-35(26)24-39(4)36(42)21-29-12-7-6-8-13-29/h6-8,12-19,22,26-28,35,38,41H,9-11,20-21,23-25H2,1-5H3/t26-,27-,28+,35+/m0/s1. The summed E-state index contributed by atoms with van der Waals surface area (Å²) in [6.07, 6.45) is 1.95. The lowest BCUT2D eigenvalue weighted by molar-refractivity contribution is -0.131. The number of hydrogen-bond donors (Lipinski definition) is 2. The van der Waals surface area contributed by atoms with E-state index in [1.807, 2.05) is 44.2 Å². The normalized spacial score (nSPS) is 19.9. The Balaban J connectivity index is 1.63. The van der Waals surface area contributed by atoms with Crippen LogP contribution < -0.4 is 14.2 Å². The molecule has 0 aromatic heterocycles. The highest BCUT2D eigenvalue weighted by Gasteiger charge is 2.31. The molecule has 4 rings (SSSR count). The molecular weight excluding hydrogens is 646 g/mol. The van der Waals surface area contributed by atoms with Crippen molar-refractivity contribution >= 4 is 27.5 Å². The second kappa shape index (κ2) is 17.5. The van der Waals surface area contributed by atoms with Gasteiger partial charge in [0.25, 0.3) is 15.9 Å². The average Bonchev–Trinajstić information content (AvgIpc) is 3.09. The quantitative estimate of drug-likeness (QED) is 0.303. The molecule has 266 valence electrons. The van der Waals surface area contributed by atoms with E-state index in [0.29, 0.717) is 31.1 Å². The lowest BCUT2D eigenvalue weighted by atomic mass is 10.0. The maximum atomic E-state index is 14.4. The molecule has 0 fully saturated rings. The number of aliphatic hydroxyl groups is 1. The van der Waals surface area contributed by atoms with Gasteiger partial charge in [-0.2, -0.15) is 0 Å². The van der Waals surface area contributed by atoms with E-state index in [9.17, 15) is 23.1 Å². The molecule has 3 aromatic carbocycles. The molecule has 0 spiro atoms. The van der Waals surface area contributed by atoms with Crippen LogP contribution in [-0.2, 0) is 26.0 Å². The number of hydrogen-bond acceptors (Lipinski definition) is 8. The Morgan fingerprint density at radius 3 is 2.47 bits per heavy atom. The minimum absolute atomic E-state index is 0.0344. The van der Waals surface area contributed by atoms with Crippen LogP contribution in [0.25, 0.3) is 0 Å². The Morgan fingerprint density at radius 2 is 1.80 bits per heavy atom. The molecule has 11 nitrogen and oxygen atoms in total. The summed E-state index contributed by atoms with van der Waals surface area (Å²) in [5.74, 6) is 0.150. The molecule has 0 bridgehead atoms. The van der Waals surface area contributed by atoms with E-state index in [0.717, 1.165) is 18.4 Å². The number of sulfonamides is 1. The fourth-order valence-electron chi connectivity index (χ4n) is 5.69. The molecule has 0 radical (unpaired) electrons. The van der Waals surface area contributed by atoms with Gasteiger partial charge in [-0.05, 0) is 81.1 Å². The number of nitrogens with zero attached hydrogens (tertiary/aromatic N) is 2. The zero-order valence-electron chi connectivity index (χ0n) is 29.0. The van der Waals surface area contributed by atoms with Gasteiger partial charge in [0, 0.05) is 38.3 Å². The van der Waals surface area contributed by atoms with E-state index in [1.165, 1.54) is 25.3 Å². The predicted octanol–water partition coefficient (Wildman–Crippen LogP) is 4.99. The fraction of sp³-hybridized carbons (Fsp3) is 0.459. The minimum Gasteiger partial charge on any atom is -0.497 e. The SMILES string of the molecule is COc1ccc(S(=O)(=O)Nc2ccc3c(c2)C(=O)N([C@@H](C)CO)C[C@H](C)[C@@H](CN(C)C(=O)Cc2ccccc2)OCCCC[C@@H](C)O3)cc1. The predicted molar refractivity (Wildman–Crippen MR) is 188 cm³/mol. The number of carbonyl (C=O) groups excluding carboxylic acids is 2. The topological polar surface area (TPSA) is 135 Å². The molecule has 0 saturated heterocycles. The van der Waals surface area contributed by atoms with Crippen LogP contribution in [0.5, 0.6) is 11.5 Å². The summed E-state index contributed by atoms with van der Waals surface area (Å²) in [4.78, 5) is 30.8. The molecule has 2 amide bonds. The van der Waals surface area contributed by atoms with Crippen molar-refractivity contribution in [3.63, 3.8) is 0 Å². The summed E-state index contributed by atoms with van der Waals surface area (Å²) in [5, 5.41) is 10.2. The summed E-state index contributed by atoms with van der Waals surface area (Å²) < 4.78 is 46.9. The molecule has 1 aliphatic heterocycles. The van der Waals surface area contributed by atoms with Gasteiger partial charge in [-0.25, -0.2) is 8.42 Å². The number of likely N-dealkylation sites (N-methyl/N-ethyl adjacent to an activating group) is 1. The van der Waals surface area contributed by atoms with Crippen LogP contribution in [0.2, 0.25) is 0 Å². The third-order valence-electron chi connectivity index (χ3n) is 8.75. The average molecular weight is 696 g/mol. The van der Waals surface area contributed by atoms with Crippen LogP contribution in [0, 0.1) is 5.92 Å². The number of benzene rings is 3. The largest absolute Gasteiger partial charge is 0.497 e. The van der Waals surface area contributed by atoms with Crippen molar-refractivity contribution in [1.82, 2.24) is 9.80 Å². The zero-order chi connectivity index (χ0) is 35.6. The van der Waals surface area contributed by atoms with E-state index in [1.54, 1.807) is 48.0 Å². The van der Waals surface area contributed by atoms with Crippen molar-refractivity contribution in [1.29, 1.82) is 0 Å². The first-order chi connectivity index (χ1) is 23.4. The first-order valence-corrected chi connectivity index (χ1v) is 18.2. The second-order valence-corrected chi connectivity index (χ2v) is 14.4. The lowest BCUT2D eigenvalue weighted by Gasteiger charge is -2.36. The molecule has 1 aliphatic rings. The number of methoxy groups -OCH3 is 1. The van der Waals surface area contributed by atoms with Crippen LogP contribution in [0.3, 0.4) is 0 Å². The van der Waals surface area contributed by atoms with Gasteiger partial charge in [0.15, 0.2) is 0 Å². The first kappa shape index (κ1) is 37.7. The van der Waals surface area contributed by atoms with Crippen molar-refractivity contribution in [2.45, 2.75) is 69.6 Å². The van der Waals surface area contributed by atoms with Crippen molar-refractivity contribution < 1.29 is 37.3 Å². The maximum absolute atomic E-state index is 14.4. The van der Waals surface area contributed by atoms with E-state index >= 15 is 0 Å². The number of amides is 2. The summed E-state index contributed by atoms with van der Waals surface area (Å²) in [6.45, 7) is 6.37. The second-order valence-electron chi connectivity index (χ2n) is 12.7. The zero-order valence-corrected chi connectivity index (χ0v) is 29.8. The minimum atomic E-state index is -3.99. The highest BCUT2D eigenvalue weighted by atomic mass is 32.2. The van der Waals surface area contributed by atoms with E-state index in [-0.39, 0.29) is 59.8 Å². The number of ether oxygens (including phenoxy) is 3. The van der Waals surface area contributed by atoms with Crippen molar-refractivity contribution in [2.24, 2.45) is 5.92 Å². The van der Waals surface area contributed by atoms with E-state index in [2.05, 4.69) is 4.72 Å². The molecule has 12 heteroatoms. The van der Waals surface area contributed by atoms with Crippen LogP contribution in [0.4, 0.5) is 5.69 Å². The summed E-state index contributed by atoms with van der Waals surface area (Å²) in [7, 11) is -0.733. The van der Waals surface area contributed by atoms with Crippen molar-refractivity contribution in [2.75, 3.05) is 45.2 Å². The molecule has 49 heavy (non-hydrogen) atoms. The molecule has 0 saturated carbocycles. The molecule has 3 aromatic rings. The Morgan fingerprint density at radius 1 is 1.08 bits per heavy atom. The Kier molecular flexibility index (Phi) is 13.5. The van der Waals surface area contributed by atoms with Gasteiger partial charge in [0.2, 0.25) is 5.91 Å². The Labute approximate surface area is 290 Å². The summed E-state index contributed by atoms with van der Waals surface area (Å²) in [6, 6.07) is 19.6. The highest BCUT2D eigenvalue weighted by molar-refractivity contribution is 7.92. The molecule has 2 N–H and O–H groups in total. The van der Waals surface area contributed by atoms with Crippen LogP contribution in [-0.4, -0.2) is 93.8 Å². The number of aliphatic hydroxyl groups excluding tert-OH is 1. The molecule has 0 aliphatic carbocycles. The molecule has 1 heterocycles. The van der Waals surface area contributed by atoms with Gasteiger partial charge >= 0.3 is 0 Å². The van der Waals surface area contributed by atoms with Crippen LogP contribution in [0.15, 0.2) is 77.7 Å². The van der Waals surface area contributed by atoms with Crippen molar-refractivity contribution in [3.8, 4) is 11.5 Å². The van der Waals surface area contributed by atoms with Gasteiger partial charge < -0.3 is 29.1 Å². The van der Waals surface area contributed by atoms with Gasteiger partial charge in [0.05, 0.1) is 48.8 Å². The molecular formula is C37H49N3O8S. The number of rotatable bonds is 10. The highest BCUT2D eigenvalue weighted by Crippen LogP contribution is 2.30. The van der Waals surface area contributed by atoms with Crippen LogP contribution in [0.1, 0.15) is 56.0 Å². The summed E-state index contributed by atoms with van der Waals surface area (Å²) in [5.41, 5.74) is 1.28. The van der Waals surface area contributed by atoms with E-state index < -0.39 is 22.0 Å². The van der Waals surface area contributed by atoms with Gasteiger partial charge in [-0.1, -0.05) is 37.3 Å².